The maximum atomic E-state index is 12.9. The van der Waals surface area contributed by atoms with E-state index in [4.69, 9.17) is 19.9 Å². The lowest BCUT2D eigenvalue weighted by Gasteiger charge is -2.45. The summed E-state index contributed by atoms with van der Waals surface area (Å²) in [5.41, 5.74) is 5.13. The number of hydrogen-bond donors (Lipinski definition) is 1. The first-order valence-electron chi connectivity index (χ1n) is 12.3. The summed E-state index contributed by atoms with van der Waals surface area (Å²) in [6, 6.07) is 11.6. The van der Waals surface area contributed by atoms with Gasteiger partial charge in [0, 0.05) is 24.9 Å². The molecule has 0 saturated carbocycles. The third-order valence-corrected chi connectivity index (χ3v) is 6.62. The Hall–Kier alpha value is -4.16. The molecule has 1 aliphatic heterocycles. The lowest BCUT2D eigenvalue weighted by Crippen LogP contribution is -2.50. The molecule has 1 aromatic rings. The van der Waals surface area contributed by atoms with E-state index >= 15 is 0 Å². The van der Waals surface area contributed by atoms with E-state index < -0.39 is 28.9 Å². The molecule has 37 heavy (non-hydrogen) atoms. The number of ether oxygens (including phenoxy) is 3. The van der Waals surface area contributed by atoms with Gasteiger partial charge in [-0.1, -0.05) is 25.5 Å². The van der Waals surface area contributed by atoms with Crippen molar-refractivity contribution in [2.75, 3.05) is 26.8 Å². The van der Waals surface area contributed by atoms with Crippen LogP contribution < -0.4 is 15.2 Å². The summed E-state index contributed by atoms with van der Waals surface area (Å²) in [6.07, 6.45) is 3.11. The zero-order valence-electron chi connectivity index (χ0n) is 22.0. The van der Waals surface area contributed by atoms with Crippen molar-refractivity contribution in [3.05, 3.63) is 46.7 Å². The monoisotopic (exact) mass is 503 g/mol. The van der Waals surface area contributed by atoms with Crippen LogP contribution in [0.2, 0.25) is 0 Å². The molecule has 2 aliphatic rings. The summed E-state index contributed by atoms with van der Waals surface area (Å²) in [5, 5.41) is 30.6. The molecule has 1 amide bonds. The first-order chi connectivity index (χ1) is 17.6. The second-order valence-corrected chi connectivity index (χ2v) is 10.2. The fourth-order valence-electron chi connectivity index (χ4n) is 4.86. The molecule has 2 atom stereocenters. The van der Waals surface area contributed by atoms with Crippen molar-refractivity contribution in [1.29, 1.82) is 15.8 Å². The van der Waals surface area contributed by atoms with Crippen LogP contribution >= 0.6 is 0 Å². The molecule has 0 saturated heterocycles. The molecule has 3 rings (SSSR count). The predicted octanol–water partition coefficient (Wildman–Crippen LogP) is 4.53. The van der Waals surface area contributed by atoms with E-state index in [2.05, 4.69) is 25.1 Å². The summed E-state index contributed by atoms with van der Waals surface area (Å²) in [4.78, 5) is 14.4. The molecule has 0 bridgehead atoms. The molecule has 0 unspecified atom stereocenters. The van der Waals surface area contributed by atoms with Gasteiger partial charge in [0.25, 0.3) is 0 Å². The van der Waals surface area contributed by atoms with Crippen LogP contribution in [0.3, 0.4) is 0 Å². The summed E-state index contributed by atoms with van der Waals surface area (Å²) < 4.78 is 17.0. The number of nitrogens with zero attached hydrogens (tertiary/aromatic N) is 4. The zero-order chi connectivity index (χ0) is 27.4. The van der Waals surface area contributed by atoms with E-state index in [0.29, 0.717) is 29.2 Å². The molecular formula is C28H33N5O4. The van der Waals surface area contributed by atoms with Gasteiger partial charge >= 0.3 is 6.09 Å². The number of carbonyl (C=O) groups is 1. The van der Waals surface area contributed by atoms with Gasteiger partial charge in [-0.05, 0) is 50.5 Å². The third-order valence-electron chi connectivity index (χ3n) is 6.62. The Bertz CT molecular complexity index is 1220. The number of carbonyl (C=O) groups excluding carboxylic acids is 1. The number of unbranched alkanes of at least 4 members (excludes halogenated alkanes) is 1. The molecule has 0 aromatic heterocycles. The number of rotatable bonds is 6. The van der Waals surface area contributed by atoms with Crippen LogP contribution in [0.4, 0.5) is 4.79 Å². The van der Waals surface area contributed by atoms with Gasteiger partial charge in [0.1, 0.15) is 11.7 Å². The first kappa shape index (κ1) is 27.4. The van der Waals surface area contributed by atoms with Crippen molar-refractivity contribution in [2.24, 2.45) is 17.1 Å². The second-order valence-electron chi connectivity index (χ2n) is 10.2. The maximum Gasteiger partial charge on any atom is 0.410 e. The van der Waals surface area contributed by atoms with Crippen LogP contribution in [0.15, 0.2) is 41.1 Å². The minimum Gasteiger partial charge on any atom is -0.493 e. The quantitative estimate of drug-likeness (QED) is 0.557. The summed E-state index contributed by atoms with van der Waals surface area (Å²) >= 11 is 0. The number of hydrogen-bond acceptors (Lipinski definition) is 8. The molecule has 0 spiro atoms. The van der Waals surface area contributed by atoms with Crippen molar-refractivity contribution >= 4 is 6.09 Å². The number of nitrogens with two attached hydrogens (primary N) is 1. The molecule has 1 aliphatic carbocycles. The minimum absolute atomic E-state index is 0.0829. The van der Waals surface area contributed by atoms with Gasteiger partial charge in [-0.15, -0.1) is 0 Å². The molecule has 2 N–H and O–H groups in total. The third kappa shape index (κ3) is 5.20. The highest BCUT2D eigenvalue weighted by Crippen LogP contribution is 2.55. The summed E-state index contributed by atoms with van der Waals surface area (Å²) in [6.45, 7) is 8.30. The normalized spacial score (nSPS) is 20.5. The number of allylic oxidation sites excluding steroid dienone is 2. The molecule has 1 heterocycles. The Morgan fingerprint density at radius 1 is 1.22 bits per heavy atom. The average molecular weight is 504 g/mol. The zero-order valence-corrected chi connectivity index (χ0v) is 22.0. The second kappa shape index (κ2) is 10.8. The Labute approximate surface area is 218 Å². The fraction of sp³-hybridized carbons (Fsp3) is 0.500. The fourth-order valence-corrected chi connectivity index (χ4v) is 4.86. The first-order valence-corrected chi connectivity index (χ1v) is 12.3. The minimum atomic E-state index is -1.83. The Balaban J connectivity index is 2.16. The summed E-state index contributed by atoms with van der Waals surface area (Å²) in [7, 11) is 1.52. The lowest BCUT2D eigenvalue weighted by molar-refractivity contribution is 0.0224. The molecule has 194 valence electrons. The smallest absolute Gasteiger partial charge is 0.410 e. The van der Waals surface area contributed by atoms with Gasteiger partial charge < -0.3 is 24.8 Å². The largest absolute Gasteiger partial charge is 0.493 e. The van der Waals surface area contributed by atoms with Gasteiger partial charge in [0.2, 0.25) is 0 Å². The number of fused-ring (bicyclic) bond motifs is 1. The van der Waals surface area contributed by atoms with Gasteiger partial charge in [-0.3, -0.25) is 0 Å². The van der Waals surface area contributed by atoms with Crippen molar-refractivity contribution in [1.82, 2.24) is 4.90 Å². The van der Waals surface area contributed by atoms with Gasteiger partial charge in [0.15, 0.2) is 16.9 Å². The highest BCUT2D eigenvalue weighted by molar-refractivity contribution is 5.70. The van der Waals surface area contributed by atoms with Crippen LogP contribution in [-0.4, -0.2) is 43.4 Å². The average Bonchev–Trinajstić information content (AvgIpc) is 2.87. The molecular weight excluding hydrogens is 470 g/mol. The Kier molecular flexibility index (Phi) is 8.04. The van der Waals surface area contributed by atoms with Crippen LogP contribution in [0.1, 0.15) is 52.0 Å². The lowest BCUT2D eigenvalue weighted by atomic mass is 9.58. The Morgan fingerprint density at radius 2 is 1.92 bits per heavy atom. The van der Waals surface area contributed by atoms with Crippen LogP contribution in [-0.2, 0) is 4.74 Å². The standard InChI is InChI=1S/C28H33N5O4/c1-6-7-12-36-22-9-8-18(13-23(22)35-5)24-21-15-33(26(34)37-27(2,3)4)11-10-19(21)20(14-29)25(32)28(24,16-30)17-31/h8-10,13,21,24H,6-7,11-12,15,32H2,1-5H3/t21-,24-/m0/s1. The molecule has 0 fully saturated rings. The van der Waals surface area contributed by atoms with Crippen LogP contribution in [0.25, 0.3) is 0 Å². The Morgan fingerprint density at radius 3 is 2.49 bits per heavy atom. The van der Waals surface area contributed by atoms with E-state index in [0.717, 1.165) is 12.8 Å². The topological polar surface area (TPSA) is 145 Å². The van der Waals surface area contributed by atoms with Gasteiger partial charge in [-0.25, -0.2) is 4.79 Å². The van der Waals surface area contributed by atoms with Crippen LogP contribution in [0, 0.1) is 45.3 Å². The van der Waals surface area contributed by atoms with E-state index in [-0.39, 0.29) is 24.4 Å². The molecule has 0 radical (unpaired) electrons. The molecule has 9 heteroatoms. The number of methoxy groups -OCH3 is 1. The van der Waals surface area contributed by atoms with E-state index in [1.165, 1.54) is 12.0 Å². The van der Waals surface area contributed by atoms with E-state index in [1.807, 2.05) is 0 Å². The van der Waals surface area contributed by atoms with E-state index in [1.54, 1.807) is 45.0 Å². The van der Waals surface area contributed by atoms with Crippen molar-refractivity contribution in [2.45, 2.75) is 52.1 Å². The van der Waals surface area contributed by atoms with Crippen molar-refractivity contribution in [3.8, 4) is 29.7 Å². The van der Waals surface area contributed by atoms with Gasteiger partial charge in [-0.2, -0.15) is 15.8 Å². The van der Waals surface area contributed by atoms with E-state index in [9.17, 15) is 20.6 Å². The highest BCUT2D eigenvalue weighted by atomic mass is 16.6. The molecule has 1 aromatic carbocycles. The number of amides is 1. The maximum absolute atomic E-state index is 12.9. The molecule has 9 nitrogen and oxygen atoms in total. The predicted molar refractivity (Wildman–Crippen MR) is 136 cm³/mol. The van der Waals surface area contributed by atoms with Crippen molar-refractivity contribution < 1.29 is 19.0 Å². The van der Waals surface area contributed by atoms with Crippen molar-refractivity contribution in [3.63, 3.8) is 0 Å². The highest BCUT2D eigenvalue weighted by Gasteiger charge is 2.55. The SMILES string of the molecule is CCCCOc1ccc([C@H]2[C@H]3CN(C(=O)OC(C)(C)C)CC=C3C(C#N)=C(N)C2(C#N)C#N)cc1OC. The van der Waals surface area contributed by atoms with Gasteiger partial charge in [0.05, 0.1) is 37.1 Å². The number of nitriles is 3. The van der Waals surface area contributed by atoms with Crippen LogP contribution in [0.5, 0.6) is 11.5 Å². The number of benzene rings is 1. The summed E-state index contributed by atoms with van der Waals surface area (Å²) in [5.74, 6) is -0.336.